The van der Waals surface area contributed by atoms with Crippen LogP contribution in [-0.2, 0) is 4.79 Å². The second kappa shape index (κ2) is 11.2. The molecule has 1 aromatic carbocycles. The lowest BCUT2D eigenvalue weighted by molar-refractivity contribution is -0.121. The van der Waals surface area contributed by atoms with Crippen molar-refractivity contribution in [3.8, 4) is 5.75 Å². The van der Waals surface area contributed by atoms with E-state index in [1.54, 1.807) is 35.2 Å². The zero-order valence-corrected chi connectivity index (χ0v) is 17.8. The Balaban J connectivity index is 1.36. The van der Waals surface area contributed by atoms with Gasteiger partial charge >= 0.3 is 0 Å². The molecule has 0 aliphatic carbocycles. The van der Waals surface area contributed by atoms with Gasteiger partial charge in [0, 0.05) is 24.7 Å². The van der Waals surface area contributed by atoms with Crippen LogP contribution in [0, 0.1) is 0 Å². The number of benzene rings is 1. The number of likely N-dealkylation sites (tertiary alicyclic amines) is 1. The molecule has 0 unspecified atom stereocenters. The number of piperidine rings is 1. The number of carbonyl (C=O) groups excluding carboxylic acids is 3. The lowest BCUT2D eigenvalue weighted by atomic mass is 10.0. The summed E-state index contributed by atoms with van der Waals surface area (Å²) in [6.07, 6.45) is 6.30. The summed E-state index contributed by atoms with van der Waals surface area (Å²) in [6.45, 7) is 3.78. The molecule has 0 spiro atoms. The summed E-state index contributed by atoms with van der Waals surface area (Å²) in [5.41, 5.74) is 1.01. The normalized spacial score (nSPS) is 14.2. The number of nitrogens with zero attached hydrogens (tertiary/aromatic N) is 1. The quantitative estimate of drug-likeness (QED) is 0.599. The summed E-state index contributed by atoms with van der Waals surface area (Å²) in [7, 11) is 0. The predicted molar refractivity (Wildman–Crippen MR) is 115 cm³/mol. The van der Waals surface area contributed by atoms with Gasteiger partial charge in [0.2, 0.25) is 5.91 Å². The third-order valence-corrected chi connectivity index (χ3v) is 5.21. The fourth-order valence-corrected chi connectivity index (χ4v) is 3.37. The fourth-order valence-electron chi connectivity index (χ4n) is 3.37. The molecule has 1 saturated heterocycles. The minimum absolute atomic E-state index is 0.0163. The maximum absolute atomic E-state index is 12.3. The van der Waals surface area contributed by atoms with Crippen LogP contribution in [0.25, 0.3) is 0 Å². The van der Waals surface area contributed by atoms with Crippen LogP contribution in [0.15, 0.2) is 47.3 Å². The largest absolute Gasteiger partial charge is 0.494 e. The van der Waals surface area contributed by atoms with E-state index in [9.17, 15) is 14.4 Å². The molecule has 31 heavy (non-hydrogen) atoms. The summed E-state index contributed by atoms with van der Waals surface area (Å²) in [5, 5.41) is 5.57. The predicted octanol–water partition coefficient (Wildman–Crippen LogP) is 2.61. The standard InChI is InChI=1S/C23H29N3O5/c1-2-3-13-31-20-6-4-17(5-7-20)22(28)24-15-21(27)25-19-8-11-26(12-9-19)23(29)18-10-14-30-16-18/h4-7,10,14,16,19H,2-3,8-9,11-13,15H2,1H3,(H,24,28)(H,25,27). The Kier molecular flexibility index (Phi) is 8.09. The van der Waals surface area contributed by atoms with Crippen LogP contribution < -0.4 is 15.4 Å². The lowest BCUT2D eigenvalue weighted by Crippen LogP contribution is -2.48. The van der Waals surface area contributed by atoms with Crippen LogP contribution >= 0.6 is 0 Å². The van der Waals surface area contributed by atoms with Crippen molar-refractivity contribution >= 4 is 17.7 Å². The second-order valence-electron chi connectivity index (χ2n) is 7.56. The van der Waals surface area contributed by atoms with Crippen LogP contribution in [0.4, 0.5) is 0 Å². The molecular weight excluding hydrogens is 398 g/mol. The summed E-state index contributed by atoms with van der Waals surface area (Å²) >= 11 is 0. The molecule has 2 aromatic rings. The van der Waals surface area contributed by atoms with E-state index in [1.165, 1.54) is 12.5 Å². The summed E-state index contributed by atoms with van der Waals surface area (Å²) in [5.74, 6) is 0.108. The van der Waals surface area contributed by atoms with Crippen molar-refractivity contribution in [2.45, 2.75) is 38.6 Å². The molecular formula is C23H29N3O5. The van der Waals surface area contributed by atoms with Gasteiger partial charge in [-0.3, -0.25) is 14.4 Å². The van der Waals surface area contributed by atoms with E-state index < -0.39 is 0 Å². The molecule has 2 heterocycles. The van der Waals surface area contributed by atoms with Gasteiger partial charge in [0.05, 0.1) is 25.0 Å². The number of hydrogen-bond acceptors (Lipinski definition) is 5. The van der Waals surface area contributed by atoms with Crippen molar-refractivity contribution in [3.63, 3.8) is 0 Å². The van der Waals surface area contributed by atoms with Crippen molar-refractivity contribution in [1.82, 2.24) is 15.5 Å². The van der Waals surface area contributed by atoms with Gasteiger partial charge in [0.15, 0.2) is 0 Å². The minimum atomic E-state index is -0.309. The van der Waals surface area contributed by atoms with Gasteiger partial charge in [0.1, 0.15) is 12.0 Å². The number of rotatable bonds is 9. The van der Waals surface area contributed by atoms with E-state index in [0.717, 1.165) is 18.6 Å². The molecule has 0 atom stereocenters. The first-order valence-corrected chi connectivity index (χ1v) is 10.7. The summed E-state index contributed by atoms with van der Waals surface area (Å²) in [6, 6.07) is 8.50. The Morgan fingerprint density at radius 1 is 1.10 bits per heavy atom. The molecule has 1 aromatic heterocycles. The highest BCUT2D eigenvalue weighted by Gasteiger charge is 2.25. The molecule has 3 rings (SSSR count). The Morgan fingerprint density at radius 3 is 2.48 bits per heavy atom. The van der Waals surface area contributed by atoms with Gasteiger partial charge in [0.25, 0.3) is 11.8 Å². The highest BCUT2D eigenvalue weighted by molar-refractivity contribution is 5.96. The third-order valence-electron chi connectivity index (χ3n) is 5.21. The van der Waals surface area contributed by atoms with Crippen molar-refractivity contribution < 1.29 is 23.5 Å². The topological polar surface area (TPSA) is 101 Å². The van der Waals surface area contributed by atoms with E-state index in [4.69, 9.17) is 9.15 Å². The maximum atomic E-state index is 12.3. The van der Waals surface area contributed by atoms with Crippen molar-refractivity contribution in [1.29, 1.82) is 0 Å². The molecule has 0 saturated carbocycles. The first-order valence-electron chi connectivity index (χ1n) is 10.7. The van der Waals surface area contributed by atoms with E-state index in [1.807, 2.05) is 0 Å². The number of nitrogens with one attached hydrogen (secondary N) is 2. The highest BCUT2D eigenvalue weighted by Crippen LogP contribution is 2.15. The van der Waals surface area contributed by atoms with E-state index in [2.05, 4.69) is 17.6 Å². The molecule has 2 N–H and O–H groups in total. The number of hydrogen-bond donors (Lipinski definition) is 2. The number of ether oxygens (including phenoxy) is 1. The molecule has 0 bridgehead atoms. The van der Waals surface area contributed by atoms with Crippen LogP contribution in [-0.4, -0.2) is 54.9 Å². The molecule has 1 fully saturated rings. The van der Waals surface area contributed by atoms with E-state index in [0.29, 0.717) is 43.7 Å². The van der Waals surface area contributed by atoms with Gasteiger partial charge in [-0.2, -0.15) is 0 Å². The first kappa shape index (κ1) is 22.4. The molecule has 3 amide bonds. The average molecular weight is 428 g/mol. The van der Waals surface area contributed by atoms with Crippen LogP contribution in [0.3, 0.4) is 0 Å². The molecule has 0 radical (unpaired) electrons. The average Bonchev–Trinajstić information content (AvgIpc) is 3.33. The molecule has 1 aliphatic rings. The van der Waals surface area contributed by atoms with Gasteiger partial charge in [-0.1, -0.05) is 13.3 Å². The monoisotopic (exact) mass is 427 g/mol. The number of carbonyl (C=O) groups is 3. The number of amides is 3. The molecule has 8 nitrogen and oxygen atoms in total. The fraction of sp³-hybridized carbons (Fsp3) is 0.435. The minimum Gasteiger partial charge on any atom is -0.494 e. The molecule has 166 valence electrons. The van der Waals surface area contributed by atoms with Gasteiger partial charge in [-0.15, -0.1) is 0 Å². The van der Waals surface area contributed by atoms with Crippen molar-refractivity contribution in [2.75, 3.05) is 26.2 Å². The number of unbranched alkanes of at least 4 members (excludes halogenated alkanes) is 1. The van der Waals surface area contributed by atoms with Crippen LogP contribution in [0.5, 0.6) is 5.75 Å². The maximum Gasteiger partial charge on any atom is 0.257 e. The SMILES string of the molecule is CCCCOc1ccc(C(=O)NCC(=O)NC2CCN(C(=O)c3ccoc3)CC2)cc1. The zero-order chi connectivity index (χ0) is 22.1. The molecule has 1 aliphatic heterocycles. The Hall–Kier alpha value is -3.29. The summed E-state index contributed by atoms with van der Waals surface area (Å²) < 4.78 is 10.5. The second-order valence-corrected chi connectivity index (χ2v) is 7.56. The smallest absolute Gasteiger partial charge is 0.257 e. The first-order chi connectivity index (χ1) is 15.1. The molecule has 8 heteroatoms. The van der Waals surface area contributed by atoms with Crippen molar-refractivity contribution in [2.24, 2.45) is 0 Å². The van der Waals surface area contributed by atoms with E-state index >= 15 is 0 Å². The highest BCUT2D eigenvalue weighted by atomic mass is 16.5. The Labute approximate surface area is 181 Å². The zero-order valence-electron chi connectivity index (χ0n) is 17.8. The van der Waals surface area contributed by atoms with Crippen LogP contribution in [0.1, 0.15) is 53.3 Å². The van der Waals surface area contributed by atoms with Crippen LogP contribution in [0.2, 0.25) is 0 Å². The Morgan fingerprint density at radius 2 is 1.84 bits per heavy atom. The number of furan rings is 1. The van der Waals surface area contributed by atoms with Crippen molar-refractivity contribution in [3.05, 3.63) is 54.0 Å². The van der Waals surface area contributed by atoms with Gasteiger partial charge < -0.3 is 24.7 Å². The van der Waals surface area contributed by atoms with Gasteiger partial charge in [-0.25, -0.2) is 0 Å². The Bertz CT molecular complexity index is 856. The summed E-state index contributed by atoms with van der Waals surface area (Å²) in [4.78, 5) is 38.5. The van der Waals surface area contributed by atoms with Gasteiger partial charge in [-0.05, 0) is 49.6 Å². The lowest BCUT2D eigenvalue weighted by Gasteiger charge is -2.32. The van der Waals surface area contributed by atoms with E-state index in [-0.39, 0.29) is 30.3 Å². The third kappa shape index (κ3) is 6.60.